The Morgan fingerprint density at radius 3 is 0.842 bits per heavy atom. The van der Waals surface area contributed by atoms with Gasteiger partial charge in [0.1, 0.15) is 5.60 Å². The summed E-state index contributed by atoms with van der Waals surface area (Å²) in [7, 11) is 0. The van der Waals surface area contributed by atoms with E-state index < -0.39 is 130 Å². The zero-order valence-corrected chi connectivity index (χ0v) is 26.6. The van der Waals surface area contributed by atoms with Crippen LogP contribution in [0.3, 0.4) is 0 Å². The van der Waals surface area contributed by atoms with Crippen LogP contribution in [-0.2, 0) is 17.4 Å². The molecule has 0 saturated carbocycles. The number of rotatable bonds is 13. The molecule has 1 fully saturated rings. The summed E-state index contributed by atoms with van der Waals surface area (Å²) in [6.45, 7) is -0.102. The van der Waals surface area contributed by atoms with Gasteiger partial charge in [-0.2, -0.15) is 114 Å². The van der Waals surface area contributed by atoms with Gasteiger partial charge in [-0.3, -0.25) is 0 Å². The highest BCUT2D eigenvalue weighted by molar-refractivity contribution is 5.43. The van der Waals surface area contributed by atoms with Crippen LogP contribution in [0, 0.1) is 0 Å². The Hall–Kier alpha value is -3.46. The smallest absolute Gasteiger partial charge is 0.379 e. The molecule has 2 aromatic rings. The van der Waals surface area contributed by atoms with Crippen LogP contribution < -0.4 is 5.32 Å². The van der Waals surface area contributed by atoms with Crippen LogP contribution >= 0.6 is 0 Å². The van der Waals surface area contributed by atoms with E-state index in [1.807, 2.05) is 0 Å². The van der Waals surface area contributed by atoms with Crippen LogP contribution in [0.4, 0.5) is 114 Å². The highest BCUT2D eigenvalue weighted by Gasteiger charge is 2.92. The molecular formula is C29H17F26NO. The van der Waals surface area contributed by atoms with Gasteiger partial charge in [0, 0.05) is 17.2 Å². The van der Waals surface area contributed by atoms with Crippen molar-refractivity contribution in [2.75, 3.05) is 6.54 Å². The van der Waals surface area contributed by atoms with Gasteiger partial charge in [0.25, 0.3) is 0 Å². The number of benzene rings is 2. The number of hydrogen-bond acceptors (Lipinski definition) is 2. The Bertz CT molecular complexity index is 1620. The van der Waals surface area contributed by atoms with E-state index in [1.54, 1.807) is 0 Å². The van der Waals surface area contributed by atoms with E-state index in [9.17, 15) is 119 Å². The summed E-state index contributed by atoms with van der Waals surface area (Å²) < 4.78 is 354. The van der Waals surface area contributed by atoms with Gasteiger partial charge >= 0.3 is 71.6 Å². The average molecular weight is 889 g/mol. The molecule has 0 aromatic heterocycles. The molecule has 2 aromatic carbocycles. The van der Waals surface area contributed by atoms with Crippen molar-refractivity contribution < 1.29 is 119 Å². The normalized spacial score (nSPS) is 18.3. The van der Waals surface area contributed by atoms with Crippen LogP contribution in [0.5, 0.6) is 0 Å². The fourth-order valence-electron chi connectivity index (χ4n) is 5.38. The first-order valence-corrected chi connectivity index (χ1v) is 14.6. The first-order valence-electron chi connectivity index (χ1n) is 14.6. The Kier molecular flexibility index (Phi) is 11.4. The van der Waals surface area contributed by atoms with Crippen LogP contribution in [-0.4, -0.2) is 77.4 Å². The third kappa shape index (κ3) is 6.51. The minimum Gasteiger partial charge on any atom is -0.379 e. The van der Waals surface area contributed by atoms with Gasteiger partial charge in [0.15, 0.2) is 0 Å². The van der Waals surface area contributed by atoms with Gasteiger partial charge in [-0.15, -0.1) is 0 Å². The molecule has 1 aliphatic heterocycles. The highest BCUT2D eigenvalue weighted by atomic mass is 19.4. The minimum absolute atomic E-state index is 0.0371. The summed E-state index contributed by atoms with van der Waals surface area (Å²) in [5, 5.41) is 14.1. The van der Waals surface area contributed by atoms with Crippen molar-refractivity contribution in [1.82, 2.24) is 5.32 Å². The lowest BCUT2D eigenvalue weighted by Crippen LogP contribution is -2.69. The molecule has 1 heterocycles. The SMILES string of the molecule is OC(c1ccc(C(F)(F)C(F)(F)C(F)(F)C(F)(F)C(F)(F)C(F)(F)F)cc1)(c1ccc(C(F)(F)C(F)(F)C(F)(F)C(F)(F)C(F)(F)C(F)(F)F)cc1)C1CCCN1. The van der Waals surface area contributed by atoms with Crippen molar-refractivity contribution in [3.8, 4) is 0 Å². The van der Waals surface area contributed by atoms with Crippen molar-refractivity contribution in [1.29, 1.82) is 0 Å². The molecule has 0 amide bonds. The number of nitrogens with one attached hydrogen (secondary N) is 1. The molecule has 0 aliphatic carbocycles. The predicted molar refractivity (Wildman–Crippen MR) is 136 cm³/mol. The van der Waals surface area contributed by atoms with E-state index in [0.29, 0.717) is 0 Å². The lowest BCUT2D eigenvalue weighted by atomic mass is 9.78. The topological polar surface area (TPSA) is 32.3 Å². The molecule has 1 aliphatic rings. The summed E-state index contributed by atoms with van der Waals surface area (Å²) >= 11 is 0. The van der Waals surface area contributed by atoms with Crippen LogP contribution in [0.15, 0.2) is 48.5 Å². The summed E-state index contributed by atoms with van der Waals surface area (Å²) in [4.78, 5) is 0. The number of alkyl halides is 26. The third-order valence-corrected chi connectivity index (χ3v) is 8.81. The van der Waals surface area contributed by atoms with Crippen LogP contribution in [0.2, 0.25) is 0 Å². The summed E-state index contributed by atoms with van der Waals surface area (Å²) in [6.07, 6.45) is -15.6. The summed E-state index contributed by atoms with van der Waals surface area (Å²) in [6, 6.07) is -3.04. The molecule has 1 saturated heterocycles. The van der Waals surface area contributed by atoms with Gasteiger partial charge in [0.2, 0.25) is 0 Å². The van der Waals surface area contributed by atoms with Crippen molar-refractivity contribution in [2.45, 2.75) is 96.1 Å². The fourth-order valence-corrected chi connectivity index (χ4v) is 5.38. The van der Waals surface area contributed by atoms with Gasteiger partial charge in [0.05, 0.1) is 0 Å². The third-order valence-electron chi connectivity index (χ3n) is 8.81. The molecule has 0 spiro atoms. The molecule has 28 heteroatoms. The average Bonchev–Trinajstić information content (AvgIpc) is 3.62. The number of hydrogen-bond donors (Lipinski definition) is 2. The predicted octanol–water partition coefficient (Wildman–Crippen LogP) is 11.1. The Morgan fingerprint density at radius 2 is 0.614 bits per heavy atom. The second-order valence-corrected chi connectivity index (χ2v) is 12.3. The minimum atomic E-state index is -8.25. The Balaban J connectivity index is 2.11. The number of halogens is 26. The van der Waals surface area contributed by atoms with Crippen LogP contribution in [0.25, 0.3) is 0 Å². The monoisotopic (exact) mass is 889 g/mol. The summed E-state index contributed by atoms with van der Waals surface area (Å²) in [5.74, 6) is -78.2. The molecule has 2 nitrogen and oxygen atoms in total. The lowest BCUT2D eigenvalue weighted by Gasteiger charge is -2.40. The van der Waals surface area contributed by atoms with Crippen LogP contribution in [0.1, 0.15) is 35.1 Å². The largest absolute Gasteiger partial charge is 0.460 e. The number of aliphatic hydroxyl groups is 1. The molecule has 0 radical (unpaired) electrons. The zero-order valence-electron chi connectivity index (χ0n) is 26.6. The maximum atomic E-state index is 14.7. The van der Waals surface area contributed by atoms with Gasteiger partial charge in [-0.25, -0.2) is 0 Å². The molecule has 326 valence electrons. The second kappa shape index (κ2) is 13.5. The fraction of sp³-hybridized carbons (Fsp3) is 0.586. The Morgan fingerprint density at radius 1 is 0.368 bits per heavy atom. The quantitative estimate of drug-likeness (QED) is 0.196. The Labute approximate surface area is 298 Å². The molecule has 1 unspecified atom stereocenters. The van der Waals surface area contributed by atoms with Gasteiger partial charge in [-0.05, 0) is 30.5 Å². The molecule has 1 atom stereocenters. The molecule has 57 heavy (non-hydrogen) atoms. The van der Waals surface area contributed by atoms with E-state index in [4.69, 9.17) is 0 Å². The first-order chi connectivity index (χ1) is 25.0. The standard InChI is InChI=1S/C29H17F26NO/c30-18(31,20(34,35)22(38,39)24(42,43)26(46,47)28(50,51)52)14-7-3-12(4-8-14)17(57,16-2-1-11-56-16)13-5-9-15(10-6-13)19(32,33)21(36,37)23(40,41)25(44,45)27(48,49)29(53,54)55/h3-10,16,56-57H,1-2,11H2. The molecule has 0 bridgehead atoms. The lowest BCUT2D eigenvalue weighted by molar-refractivity contribution is -0.441. The zero-order chi connectivity index (χ0) is 44.9. The van der Waals surface area contributed by atoms with Crippen molar-refractivity contribution >= 4 is 0 Å². The van der Waals surface area contributed by atoms with E-state index in [0.717, 1.165) is 0 Å². The van der Waals surface area contributed by atoms with E-state index >= 15 is 0 Å². The van der Waals surface area contributed by atoms with E-state index in [1.165, 1.54) is 0 Å². The maximum Gasteiger partial charge on any atom is 0.460 e. The molecule has 2 N–H and O–H groups in total. The summed E-state index contributed by atoms with van der Waals surface area (Å²) in [5.41, 5.74) is -10.0. The highest BCUT2D eigenvalue weighted by Crippen LogP contribution is 2.64. The maximum absolute atomic E-state index is 14.7. The van der Waals surface area contributed by atoms with Crippen molar-refractivity contribution in [3.63, 3.8) is 0 Å². The van der Waals surface area contributed by atoms with Crippen molar-refractivity contribution in [3.05, 3.63) is 70.8 Å². The second-order valence-electron chi connectivity index (χ2n) is 12.3. The molecular weight excluding hydrogens is 872 g/mol. The van der Waals surface area contributed by atoms with Gasteiger partial charge in [-0.1, -0.05) is 48.5 Å². The van der Waals surface area contributed by atoms with E-state index in [-0.39, 0.29) is 43.7 Å². The molecule has 3 rings (SSSR count). The van der Waals surface area contributed by atoms with Gasteiger partial charge < -0.3 is 10.4 Å². The first kappa shape index (κ1) is 47.9. The van der Waals surface area contributed by atoms with E-state index in [2.05, 4.69) is 5.32 Å². The van der Waals surface area contributed by atoms with Crippen molar-refractivity contribution in [2.24, 2.45) is 0 Å².